The molecule has 1 amide bonds. The monoisotopic (exact) mass is 408 g/mol. The molecule has 0 aliphatic carbocycles. The van der Waals surface area contributed by atoms with Crippen LogP contribution in [0.2, 0.25) is 0 Å². The van der Waals surface area contributed by atoms with Crippen LogP contribution >= 0.6 is 0 Å². The Kier molecular flexibility index (Phi) is 6.40. The highest BCUT2D eigenvalue weighted by atomic mass is 16.5. The summed E-state index contributed by atoms with van der Waals surface area (Å²) in [4.78, 5) is 25.8. The van der Waals surface area contributed by atoms with Crippen LogP contribution in [0.4, 0.5) is 0 Å². The Labute approximate surface area is 176 Å². The van der Waals surface area contributed by atoms with Gasteiger partial charge < -0.3 is 14.6 Å². The van der Waals surface area contributed by atoms with Gasteiger partial charge in [0, 0.05) is 47.9 Å². The highest BCUT2D eigenvalue weighted by Gasteiger charge is 2.20. The summed E-state index contributed by atoms with van der Waals surface area (Å²) in [7, 11) is 3.49. The van der Waals surface area contributed by atoms with Gasteiger partial charge in [-0.05, 0) is 26.3 Å². The van der Waals surface area contributed by atoms with E-state index in [1.165, 1.54) is 6.07 Å². The van der Waals surface area contributed by atoms with Crippen LogP contribution in [0.15, 0.2) is 41.3 Å². The number of pyridine rings is 1. The second kappa shape index (κ2) is 8.98. The van der Waals surface area contributed by atoms with Gasteiger partial charge in [-0.1, -0.05) is 25.1 Å². The second-order valence-corrected chi connectivity index (χ2v) is 7.28. The van der Waals surface area contributed by atoms with Crippen LogP contribution in [0.1, 0.15) is 45.5 Å². The molecule has 7 nitrogen and oxygen atoms in total. The lowest BCUT2D eigenvalue weighted by Gasteiger charge is -2.20. The summed E-state index contributed by atoms with van der Waals surface area (Å²) < 4.78 is 9.24. The van der Waals surface area contributed by atoms with Gasteiger partial charge in [0.05, 0.1) is 19.9 Å². The number of benzene rings is 1. The maximum Gasteiger partial charge on any atom is 0.257 e. The van der Waals surface area contributed by atoms with E-state index < -0.39 is 0 Å². The van der Waals surface area contributed by atoms with Crippen molar-refractivity contribution >= 4 is 5.91 Å². The molecule has 30 heavy (non-hydrogen) atoms. The molecule has 3 aromatic rings. The quantitative estimate of drug-likeness (QED) is 0.652. The van der Waals surface area contributed by atoms with E-state index in [-0.39, 0.29) is 16.9 Å². The number of hydrogen-bond acceptors (Lipinski definition) is 4. The van der Waals surface area contributed by atoms with E-state index >= 15 is 0 Å². The summed E-state index contributed by atoms with van der Waals surface area (Å²) in [5, 5.41) is 7.08. The van der Waals surface area contributed by atoms with Crippen molar-refractivity contribution in [1.82, 2.24) is 19.7 Å². The minimum Gasteiger partial charge on any atom is -0.496 e. The minimum absolute atomic E-state index is 0.194. The number of aryl methyl sites for hydroxylation is 2. The normalized spacial score (nSPS) is 10.8. The van der Waals surface area contributed by atoms with Gasteiger partial charge in [-0.2, -0.15) is 5.10 Å². The Balaban J connectivity index is 1.96. The highest BCUT2D eigenvalue weighted by molar-refractivity contribution is 5.95. The number of carbonyl (C=O) groups is 1. The fourth-order valence-corrected chi connectivity index (χ4v) is 3.65. The molecule has 7 heteroatoms. The van der Waals surface area contributed by atoms with Crippen molar-refractivity contribution in [3.63, 3.8) is 0 Å². The first-order valence-electron chi connectivity index (χ1n) is 9.98. The molecule has 3 rings (SSSR count). The highest BCUT2D eigenvalue weighted by Crippen LogP contribution is 2.21. The standard InChI is InChI=1S/C23H28N4O3/c1-6-19-22(23(29)24-12-18-13-25-26(4)16(18)3)20(28)11-15(2)27(19)14-17-9-7-8-10-21(17)30-5/h7-11,13H,6,12,14H2,1-5H3,(H,24,29). The van der Waals surface area contributed by atoms with Crippen LogP contribution in [0.3, 0.4) is 0 Å². The zero-order chi connectivity index (χ0) is 21.8. The van der Waals surface area contributed by atoms with E-state index in [0.29, 0.717) is 25.2 Å². The maximum atomic E-state index is 13.0. The molecule has 0 radical (unpaired) electrons. The Morgan fingerprint density at radius 3 is 2.57 bits per heavy atom. The summed E-state index contributed by atoms with van der Waals surface area (Å²) >= 11 is 0. The van der Waals surface area contributed by atoms with Crippen LogP contribution in [-0.2, 0) is 26.6 Å². The number of carbonyl (C=O) groups excluding carboxylic acids is 1. The zero-order valence-corrected chi connectivity index (χ0v) is 18.2. The Bertz CT molecular complexity index is 1130. The molecule has 0 atom stereocenters. The average molecular weight is 409 g/mol. The van der Waals surface area contributed by atoms with Gasteiger partial charge in [0.2, 0.25) is 0 Å². The first kappa shape index (κ1) is 21.4. The maximum absolute atomic E-state index is 13.0. The summed E-state index contributed by atoms with van der Waals surface area (Å²) in [5.74, 6) is 0.407. The van der Waals surface area contributed by atoms with E-state index in [4.69, 9.17) is 4.74 Å². The Hall–Kier alpha value is -3.35. The second-order valence-electron chi connectivity index (χ2n) is 7.28. The minimum atomic E-state index is -0.367. The number of nitrogens with zero attached hydrogens (tertiary/aromatic N) is 3. The van der Waals surface area contributed by atoms with E-state index in [1.807, 2.05) is 56.7 Å². The van der Waals surface area contributed by atoms with Crippen LogP contribution in [0.25, 0.3) is 0 Å². The molecule has 0 spiro atoms. The first-order valence-corrected chi connectivity index (χ1v) is 9.98. The van der Waals surface area contributed by atoms with Crippen molar-refractivity contribution in [2.24, 2.45) is 7.05 Å². The van der Waals surface area contributed by atoms with Crippen LogP contribution in [0, 0.1) is 13.8 Å². The third-order valence-corrected chi connectivity index (χ3v) is 5.49. The van der Waals surface area contributed by atoms with Crippen molar-refractivity contribution in [1.29, 1.82) is 0 Å². The lowest BCUT2D eigenvalue weighted by atomic mass is 10.1. The molecule has 0 unspecified atom stereocenters. The number of ether oxygens (including phenoxy) is 1. The Morgan fingerprint density at radius 2 is 1.93 bits per heavy atom. The first-order chi connectivity index (χ1) is 14.4. The molecule has 1 aromatic carbocycles. The molecule has 2 heterocycles. The van der Waals surface area contributed by atoms with Crippen molar-refractivity contribution in [3.8, 4) is 5.75 Å². The molecule has 1 N–H and O–H groups in total. The number of methoxy groups -OCH3 is 1. The predicted octanol–water partition coefficient (Wildman–Crippen LogP) is 2.75. The molecule has 0 aliphatic heterocycles. The van der Waals surface area contributed by atoms with Gasteiger partial charge in [-0.3, -0.25) is 14.3 Å². The molecular formula is C23H28N4O3. The van der Waals surface area contributed by atoms with E-state index in [0.717, 1.165) is 28.3 Å². The number of rotatable bonds is 7. The van der Waals surface area contributed by atoms with Crippen molar-refractivity contribution in [3.05, 3.63) is 80.5 Å². The van der Waals surface area contributed by atoms with Gasteiger partial charge >= 0.3 is 0 Å². The third-order valence-electron chi connectivity index (χ3n) is 5.49. The van der Waals surface area contributed by atoms with Crippen LogP contribution in [0.5, 0.6) is 5.75 Å². The van der Waals surface area contributed by atoms with Gasteiger partial charge in [-0.25, -0.2) is 0 Å². The van der Waals surface area contributed by atoms with Gasteiger partial charge in [0.15, 0.2) is 5.43 Å². The number of aromatic nitrogens is 3. The average Bonchev–Trinajstić information content (AvgIpc) is 3.05. The van der Waals surface area contributed by atoms with E-state index in [9.17, 15) is 9.59 Å². The molecule has 0 saturated carbocycles. The smallest absolute Gasteiger partial charge is 0.257 e. The van der Waals surface area contributed by atoms with Crippen LogP contribution in [-0.4, -0.2) is 27.4 Å². The fraction of sp³-hybridized carbons (Fsp3) is 0.348. The molecule has 0 saturated heterocycles. The van der Waals surface area contributed by atoms with Gasteiger partial charge in [0.1, 0.15) is 11.3 Å². The number of para-hydroxylation sites is 1. The molecule has 0 aliphatic rings. The van der Waals surface area contributed by atoms with Gasteiger partial charge in [0.25, 0.3) is 5.91 Å². The summed E-state index contributed by atoms with van der Waals surface area (Å²) in [6.45, 7) is 6.62. The van der Waals surface area contributed by atoms with Gasteiger partial charge in [-0.15, -0.1) is 0 Å². The number of nitrogens with one attached hydrogen (secondary N) is 1. The molecule has 158 valence electrons. The lowest BCUT2D eigenvalue weighted by molar-refractivity contribution is 0.0948. The van der Waals surface area contributed by atoms with E-state index in [2.05, 4.69) is 10.4 Å². The molecule has 0 bridgehead atoms. The third kappa shape index (κ3) is 4.15. The molecule has 0 fully saturated rings. The summed E-state index contributed by atoms with van der Waals surface area (Å²) in [5.41, 5.74) is 4.34. The zero-order valence-electron chi connectivity index (χ0n) is 18.2. The number of amides is 1. The SMILES string of the molecule is CCc1c(C(=O)NCc2cnn(C)c2C)c(=O)cc(C)n1Cc1ccccc1OC. The summed E-state index contributed by atoms with van der Waals surface area (Å²) in [6.07, 6.45) is 2.28. The van der Waals surface area contributed by atoms with Crippen molar-refractivity contribution in [2.75, 3.05) is 7.11 Å². The molecule has 2 aromatic heterocycles. The topological polar surface area (TPSA) is 78.2 Å². The largest absolute Gasteiger partial charge is 0.496 e. The lowest BCUT2D eigenvalue weighted by Crippen LogP contribution is -2.32. The van der Waals surface area contributed by atoms with Crippen molar-refractivity contribution < 1.29 is 9.53 Å². The molecular weight excluding hydrogens is 380 g/mol. The van der Waals surface area contributed by atoms with Crippen molar-refractivity contribution in [2.45, 2.75) is 40.3 Å². The predicted molar refractivity (Wildman–Crippen MR) is 116 cm³/mol. The Morgan fingerprint density at radius 1 is 1.20 bits per heavy atom. The number of hydrogen-bond donors (Lipinski definition) is 1. The summed E-state index contributed by atoms with van der Waals surface area (Å²) in [6, 6.07) is 9.29. The van der Waals surface area contributed by atoms with E-state index in [1.54, 1.807) is 18.0 Å². The van der Waals surface area contributed by atoms with Crippen LogP contribution < -0.4 is 15.5 Å². The fourth-order valence-electron chi connectivity index (χ4n) is 3.65.